The number of hydrogen-bond donors (Lipinski definition) is 0. The number of hydrogen-bond acceptors (Lipinski definition) is 5. The highest BCUT2D eigenvalue weighted by molar-refractivity contribution is 7.91. The van der Waals surface area contributed by atoms with Gasteiger partial charge in [-0.25, -0.2) is 13.4 Å². The maximum Gasteiger partial charge on any atom is 0.237 e. The molecule has 4 nitrogen and oxygen atoms in total. The van der Waals surface area contributed by atoms with E-state index in [2.05, 4.69) is 4.98 Å². The molecule has 0 aliphatic carbocycles. The van der Waals surface area contributed by atoms with Crippen LogP contribution in [0.4, 0.5) is 0 Å². The van der Waals surface area contributed by atoms with Crippen LogP contribution in [0.2, 0.25) is 0 Å². The Bertz CT molecular complexity index is 875. The fourth-order valence-electron chi connectivity index (χ4n) is 1.92. The maximum absolute atomic E-state index is 11.9. The predicted octanol–water partition coefficient (Wildman–Crippen LogP) is 3.66. The highest BCUT2D eigenvalue weighted by atomic mass is 32.2. The maximum atomic E-state index is 11.9. The molecule has 0 atom stereocenters. The van der Waals surface area contributed by atoms with E-state index < -0.39 is 9.84 Å². The van der Waals surface area contributed by atoms with E-state index in [4.69, 9.17) is 4.42 Å². The summed E-state index contributed by atoms with van der Waals surface area (Å²) in [5, 5.41) is 0. The molecule has 0 spiro atoms. The third-order valence-electron chi connectivity index (χ3n) is 3.05. The molecule has 1 aromatic carbocycles. The molecule has 0 bridgehead atoms. The second kappa shape index (κ2) is 4.71. The second-order valence-corrected chi connectivity index (χ2v) is 8.03. The predicted molar refractivity (Wildman–Crippen MR) is 79.8 cm³/mol. The molecule has 0 N–H and O–H groups in total. The van der Waals surface area contributed by atoms with Crippen molar-refractivity contribution in [3.8, 4) is 10.8 Å². The Morgan fingerprint density at radius 1 is 1.25 bits per heavy atom. The fourth-order valence-corrected chi connectivity index (χ4v) is 3.62. The highest BCUT2D eigenvalue weighted by Crippen LogP contribution is 2.30. The van der Waals surface area contributed by atoms with Gasteiger partial charge in [-0.2, -0.15) is 0 Å². The third kappa shape index (κ3) is 2.25. The first kappa shape index (κ1) is 13.3. The van der Waals surface area contributed by atoms with Gasteiger partial charge < -0.3 is 4.42 Å². The van der Waals surface area contributed by atoms with E-state index in [1.807, 2.05) is 19.1 Å². The molecule has 6 heteroatoms. The lowest BCUT2D eigenvalue weighted by Crippen LogP contribution is -2.03. The molecule has 0 unspecified atom stereocenters. The number of thiophene rings is 1. The van der Waals surface area contributed by atoms with Crippen LogP contribution < -0.4 is 0 Å². The molecule has 104 valence electrons. The molecule has 0 aliphatic rings. The average molecular weight is 307 g/mol. The Morgan fingerprint density at radius 2 is 2.05 bits per heavy atom. The number of oxazole rings is 1. The van der Waals surface area contributed by atoms with Crippen molar-refractivity contribution < 1.29 is 12.8 Å². The van der Waals surface area contributed by atoms with Gasteiger partial charge in [0.15, 0.2) is 15.4 Å². The van der Waals surface area contributed by atoms with Crippen LogP contribution in [0.1, 0.15) is 11.8 Å². The van der Waals surface area contributed by atoms with Crippen molar-refractivity contribution in [3.63, 3.8) is 0 Å². The minimum atomic E-state index is -3.22. The van der Waals surface area contributed by atoms with Crippen LogP contribution in [0.5, 0.6) is 0 Å². The molecule has 0 saturated heterocycles. The van der Waals surface area contributed by atoms with E-state index in [9.17, 15) is 8.42 Å². The van der Waals surface area contributed by atoms with E-state index in [0.717, 1.165) is 4.88 Å². The molecule has 0 radical (unpaired) electrons. The number of benzene rings is 1. The van der Waals surface area contributed by atoms with Crippen LogP contribution in [0, 0.1) is 6.92 Å². The van der Waals surface area contributed by atoms with Gasteiger partial charge in [-0.15, -0.1) is 11.3 Å². The standard InChI is InChI=1S/C14H13NO3S2/c1-3-20(16,17)10-5-6-12-11(8-10)15-14(18-12)13-7-4-9(2)19-13/h4-8H,3H2,1-2H3. The van der Waals surface area contributed by atoms with Crippen molar-refractivity contribution in [3.05, 3.63) is 35.2 Å². The monoisotopic (exact) mass is 307 g/mol. The Hall–Kier alpha value is -1.66. The average Bonchev–Trinajstić information content (AvgIpc) is 3.03. The first-order chi connectivity index (χ1) is 9.49. The molecular formula is C14H13NO3S2. The number of aromatic nitrogens is 1. The Balaban J connectivity index is 2.13. The molecule has 0 aliphatic heterocycles. The SMILES string of the molecule is CCS(=O)(=O)c1ccc2oc(-c3ccc(C)s3)nc2c1. The lowest BCUT2D eigenvalue weighted by atomic mass is 10.3. The van der Waals surface area contributed by atoms with Crippen LogP contribution in [0.3, 0.4) is 0 Å². The summed E-state index contributed by atoms with van der Waals surface area (Å²) in [6.45, 7) is 3.64. The molecule has 3 aromatic rings. The summed E-state index contributed by atoms with van der Waals surface area (Å²) < 4.78 is 29.4. The van der Waals surface area contributed by atoms with Crippen LogP contribution in [0.15, 0.2) is 39.6 Å². The zero-order chi connectivity index (χ0) is 14.3. The number of rotatable bonds is 3. The van der Waals surface area contributed by atoms with Crippen molar-refractivity contribution in [2.45, 2.75) is 18.7 Å². The quantitative estimate of drug-likeness (QED) is 0.741. The van der Waals surface area contributed by atoms with Crippen LogP contribution in [-0.2, 0) is 9.84 Å². The summed E-state index contributed by atoms with van der Waals surface area (Å²) in [6, 6.07) is 8.75. The van der Waals surface area contributed by atoms with Gasteiger partial charge >= 0.3 is 0 Å². The Labute approximate surface area is 121 Å². The van der Waals surface area contributed by atoms with Crippen LogP contribution >= 0.6 is 11.3 Å². The summed E-state index contributed by atoms with van der Waals surface area (Å²) in [4.78, 5) is 6.79. The Morgan fingerprint density at radius 3 is 2.70 bits per heavy atom. The van der Waals surface area contributed by atoms with Crippen LogP contribution in [0.25, 0.3) is 21.9 Å². The minimum Gasteiger partial charge on any atom is -0.435 e. The first-order valence-corrected chi connectivity index (χ1v) is 8.66. The zero-order valence-electron chi connectivity index (χ0n) is 11.1. The van der Waals surface area contributed by atoms with Crippen molar-refractivity contribution >= 4 is 32.3 Å². The molecule has 2 aromatic heterocycles. The summed E-state index contributed by atoms with van der Waals surface area (Å²) in [7, 11) is -3.22. The number of nitrogens with zero attached hydrogens (tertiary/aromatic N) is 1. The van der Waals surface area contributed by atoms with Crippen molar-refractivity contribution in [1.82, 2.24) is 4.98 Å². The van der Waals surface area contributed by atoms with E-state index in [1.165, 1.54) is 4.88 Å². The zero-order valence-corrected chi connectivity index (χ0v) is 12.7. The second-order valence-electron chi connectivity index (χ2n) is 4.46. The number of fused-ring (bicyclic) bond motifs is 1. The fraction of sp³-hybridized carbons (Fsp3) is 0.214. The lowest BCUT2D eigenvalue weighted by Gasteiger charge is -1.99. The van der Waals surface area contributed by atoms with Gasteiger partial charge in [-0.1, -0.05) is 6.92 Å². The summed E-state index contributed by atoms with van der Waals surface area (Å²) in [5.41, 5.74) is 1.17. The van der Waals surface area contributed by atoms with Gasteiger partial charge in [0, 0.05) is 4.88 Å². The van der Waals surface area contributed by atoms with Crippen molar-refractivity contribution in [2.24, 2.45) is 0 Å². The lowest BCUT2D eigenvalue weighted by molar-refractivity contribution is 0.597. The topological polar surface area (TPSA) is 60.2 Å². The molecule has 3 rings (SSSR count). The third-order valence-corrected chi connectivity index (χ3v) is 5.77. The summed E-state index contributed by atoms with van der Waals surface area (Å²) in [5.74, 6) is 0.608. The molecular weight excluding hydrogens is 294 g/mol. The summed E-state index contributed by atoms with van der Waals surface area (Å²) in [6.07, 6.45) is 0. The van der Waals surface area contributed by atoms with Gasteiger partial charge in [0.05, 0.1) is 15.5 Å². The molecule has 2 heterocycles. The normalized spacial score (nSPS) is 12.1. The van der Waals surface area contributed by atoms with Crippen molar-refractivity contribution in [1.29, 1.82) is 0 Å². The van der Waals surface area contributed by atoms with E-state index in [0.29, 0.717) is 17.0 Å². The van der Waals surface area contributed by atoms with Gasteiger partial charge in [-0.05, 0) is 37.3 Å². The van der Waals surface area contributed by atoms with E-state index in [-0.39, 0.29) is 10.6 Å². The highest BCUT2D eigenvalue weighted by Gasteiger charge is 2.15. The van der Waals surface area contributed by atoms with Crippen molar-refractivity contribution in [2.75, 3.05) is 5.75 Å². The summed E-state index contributed by atoms with van der Waals surface area (Å²) >= 11 is 1.60. The van der Waals surface area contributed by atoms with Gasteiger partial charge in [-0.3, -0.25) is 0 Å². The molecule has 20 heavy (non-hydrogen) atoms. The van der Waals surface area contributed by atoms with Gasteiger partial charge in [0.2, 0.25) is 5.89 Å². The van der Waals surface area contributed by atoms with Gasteiger partial charge in [0.25, 0.3) is 0 Å². The van der Waals surface area contributed by atoms with Crippen LogP contribution in [-0.4, -0.2) is 19.2 Å². The van der Waals surface area contributed by atoms with E-state index in [1.54, 1.807) is 36.5 Å². The smallest absolute Gasteiger partial charge is 0.237 e. The van der Waals surface area contributed by atoms with E-state index >= 15 is 0 Å². The molecule has 0 fully saturated rings. The number of aryl methyl sites for hydroxylation is 1. The minimum absolute atomic E-state index is 0.0767. The largest absolute Gasteiger partial charge is 0.435 e. The van der Waals surface area contributed by atoms with Gasteiger partial charge in [0.1, 0.15) is 5.52 Å². The first-order valence-electron chi connectivity index (χ1n) is 6.20. The molecule has 0 saturated carbocycles. The number of sulfone groups is 1. The Kier molecular flexibility index (Phi) is 3.14. The molecule has 0 amide bonds.